The monoisotopic (exact) mass is 395 g/mol. The zero-order valence-corrected chi connectivity index (χ0v) is 16.6. The van der Waals surface area contributed by atoms with Crippen LogP contribution in [0.25, 0.3) is 11.1 Å². The number of nitrogens with two attached hydrogens (primary N) is 1. The molecule has 7 heteroatoms. The lowest BCUT2D eigenvalue weighted by Gasteiger charge is -2.26. The third-order valence-corrected chi connectivity index (χ3v) is 5.36. The number of hydrogen-bond acceptors (Lipinski definition) is 5. The van der Waals surface area contributed by atoms with Crippen LogP contribution in [-0.4, -0.2) is 28.1 Å². The first-order chi connectivity index (χ1) is 12.6. The summed E-state index contributed by atoms with van der Waals surface area (Å²) in [7, 11) is 0. The minimum absolute atomic E-state index is 0. The van der Waals surface area contributed by atoms with Crippen LogP contribution in [0.3, 0.4) is 0 Å². The second-order valence-corrected chi connectivity index (χ2v) is 7.33. The van der Waals surface area contributed by atoms with Gasteiger partial charge in [-0.05, 0) is 30.9 Å². The van der Waals surface area contributed by atoms with E-state index in [2.05, 4.69) is 10.3 Å². The largest absolute Gasteiger partial charge is 0.438 e. The number of carbonyl (C=O) groups is 1. The zero-order valence-electron chi connectivity index (χ0n) is 15.8. The maximum atomic E-state index is 12.5. The summed E-state index contributed by atoms with van der Waals surface area (Å²) in [4.78, 5) is 16.8. The lowest BCUT2D eigenvalue weighted by molar-refractivity contribution is -0.124. The van der Waals surface area contributed by atoms with Gasteiger partial charge in [-0.3, -0.25) is 4.79 Å². The highest BCUT2D eigenvalue weighted by Gasteiger charge is 2.28. The van der Waals surface area contributed by atoms with Crippen LogP contribution in [0.15, 0.2) is 28.7 Å². The Balaban J connectivity index is 0.00000261. The van der Waals surface area contributed by atoms with Gasteiger partial charge in [0.15, 0.2) is 11.7 Å². The highest BCUT2D eigenvalue weighted by atomic mass is 35.5. The summed E-state index contributed by atoms with van der Waals surface area (Å²) in [5, 5.41) is 13.5. The third-order valence-electron chi connectivity index (χ3n) is 5.36. The number of hydrogen-bond donors (Lipinski definition) is 3. The normalized spacial score (nSPS) is 18.5. The molecular weight excluding hydrogens is 366 g/mol. The van der Waals surface area contributed by atoms with Crippen LogP contribution >= 0.6 is 12.4 Å². The van der Waals surface area contributed by atoms with Crippen LogP contribution in [0.1, 0.15) is 63.9 Å². The molecule has 150 valence electrons. The van der Waals surface area contributed by atoms with Crippen molar-refractivity contribution in [3.63, 3.8) is 0 Å². The lowest BCUT2D eigenvalue weighted by atomic mass is 9.85. The Morgan fingerprint density at radius 2 is 2.04 bits per heavy atom. The van der Waals surface area contributed by atoms with E-state index in [1.165, 1.54) is 19.3 Å². The molecule has 1 saturated carbocycles. The second kappa shape index (κ2) is 10.1. The molecule has 1 fully saturated rings. The van der Waals surface area contributed by atoms with Crippen molar-refractivity contribution < 1.29 is 14.3 Å². The van der Waals surface area contributed by atoms with Crippen LogP contribution in [0.5, 0.6) is 0 Å². The fourth-order valence-electron chi connectivity index (χ4n) is 3.77. The molecule has 1 aromatic carbocycles. The van der Waals surface area contributed by atoms with Crippen molar-refractivity contribution >= 4 is 29.4 Å². The van der Waals surface area contributed by atoms with E-state index >= 15 is 0 Å². The number of fused-ring (bicyclic) bond motifs is 1. The van der Waals surface area contributed by atoms with Crippen LogP contribution in [0.2, 0.25) is 0 Å². The standard InChI is InChI=1S/C20H29N3O3.ClH/c1-2-15(18(24)20-23-16-10-6-7-11-17(16)26-20)22-19(25)14(21)12-13-8-4-3-5-9-13;/h6-7,10-11,13-15,18,24H,2-5,8-9,12,21H2,1H3,(H,22,25);1H. The molecule has 3 unspecified atom stereocenters. The Hall–Kier alpha value is -1.63. The van der Waals surface area contributed by atoms with E-state index in [9.17, 15) is 9.90 Å². The number of nitrogens with zero attached hydrogens (tertiary/aromatic N) is 1. The summed E-state index contributed by atoms with van der Waals surface area (Å²) in [5.41, 5.74) is 7.43. The van der Waals surface area contributed by atoms with Gasteiger partial charge in [-0.1, -0.05) is 51.2 Å². The van der Waals surface area contributed by atoms with E-state index in [0.717, 1.165) is 12.8 Å². The molecule has 0 bridgehead atoms. The van der Waals surface area contributed by atoms with Crippen molar-refractivity contribution in [3.05, 3.63) is 30.2 Å². The van der Waals surface area contributed by atoms with E-state index in [-0.39, 0.29) is 24.2 Å². The number of rotatable bonds is 7. The summed E-state index contributed by atoms with van der Waals surface area (Å²) in [6.45, 7) is 1.91. The number of aliphatic hydroxyl groups excluding tert-OH is 1. The van der Waals surface area contributed by atoms with E-state index in [0.29, 0.717) is 29.9 Å². The minimum atomic E-state index is -1.00. The first kappa shape index (κ1) is 21.7. The predicted molar refractivity (Wildman–Crippen MR) is 108 cm³/mol. The van der Waals surface area contributed by atoms with E-state index in [4.69, 9.17) is 10.2 Å². The zero-order chi connectivity index (χ0) is 18.5. The van der Waals surface area contributed by atoms with E-state index in [1.807, 2.05) is 25.1 Å². The third kappa shape index (κ3) is 5.43. The first-order valence-electron chi connectivity index (χ1n) is 9.68. The van der Waals surface area contributed by atoms with Crippen molar-refractivity contribution in [3.8, 4) is 0 Å². The second-order valence-electron chi connectivity index (χ2n) is 7.33. The molecule has 4 N–H and O–H groups in total. The number of oxazole rings is 1. The molecule has 1 heterocycles. The summed E-state index contributed by atoms with van der Waals surface area (Å²) in [5.74, 6) is 0.545. The molecule has 27 heavy (non-hydrogen) atoms. The Kier molecular flexibility index (Phi) is 8.07. The fraction of sp³-hybridized carbons (Fsp3) is 0.600. The van der Waals surface area contributed by atoms with Gasteiger partial charge in [-0.15, -0.1) is 12.4 Å². The van der Waals surface area contributed by atoms with Gasteiger partial charge in [0.2, 0.25) is 11.8 Å². The molecule has 0 saturated heterocycles. The Labute approximate surface area is 166 Å². The van der Waals surface area contributed by atoms with Gasteiger partial charge in [0.25, 0.3) is 0 Å². The first-order valence-corrected chi connectivity index (χ1v) is 9.68. The van der Waals surface area contributed by atoms with Gasteiger partial charge in [0.05, 0.1) is 12.1 Å². The molecule has 1 aliphatic carbocycles. The lowest BCUT2D eigenvalue weighted by Crippen LogP contribution is -2.48. The van der Waals surface area contributed by atoms with Gasteiger partial charge >= 0.3 is 0 Å². The number of aromatic nitrogens is 1. The van der Waals surface area contributed by atoms with E-state index in [1.54, 1.807) is 6.07 Å². The number of carbonyl (C=O) groups excluding carboxylic acids is 1. The van der Waals surface area contributed by atoms with E-state index < -0.39 is 18.2 Å². The molecule has 0 spiro atoms. The number of nitrogens with one attached hydrogen (secondary N) is 1. The fourth-order valence-corrected chi connectivity index (χ4v) is 3.77. The molecule has 6 nitrogen and oxygen atoms in total. The average Bonchev–Trinajstić information content (AvgIpc) is 3.10. The van der Waals surface area contributed by atoms with Gasteiger partial charge in [0, 0.05) is 0 Å². The molecule has 0 aliphatic heterocycles. The summed E-state index contributed by atoms with van der Waals surface area (Å²) >= 11 is 0. The van der Waals surface area contributed by atoms with Crippen LogP contribution in [0, 0.1) is 5.92 Å². The minimum Gasteiger partial charge on any atom is -0.438 e. The quantitative estimate of drug-likeness (QED) is 0.666. The van der Waals surface area contributed by atoms with Crippen molar-refractivity contribution in [2.45, 2.75) is 70.1 Å². The molecule has 1 aliphatic rings. The molecule has 3 rings (SSSR count). The Morgan fingerprint density at radius 1 is 1.33 bits per heavy atom. The number of amides is 1. The summed E-state index contributed by atoms with van der Waals surface area (Å²) < 4.78 is 5.63. The molecule has 0 radical (unpaired) electrons. The maximum Gasteiger partial charge on any atom is 0.237 e. The highest BCUT2D eigenvalue weighted by Crippen LogP contribution is 2.27. The highest BCUT2D eigenvalue weighted by molar-refractivity contribution is 5.85. The van der Waals surface area contributed by atoms with Gasteiger partial charge in [-0.2, -0.15) is 0 Å². The smallest absolute Gasteiger partial charge is 0.237 e. The maximum absolute atomic E-state index is 12.5. The van der Waals surface area contributed by atoms with Gasteiger partial charge in [0.1, 0.15) is 5.52 Å². The number of benzene rings is 1. The number of halogens is 1. The van der Waals surface area contributed by atoms with Crippen molar-refractivity contribution in [1.29, 1.82) is 0 Å². The summed E-state index contributed by atoms with van der Waals surface area (Å²) in [6, 6.07) is 6.33. The Morgan fingerprint density at radius 3 is 2.70 bits per heavy atom. The number of para-hydroxylation sites is 2. The number of aliphatic hydroxyl groups is 1. The van der Waals surface area contributed by atoms with Crippen LogP contribution in [0.4, 0.5) is 0 Å². The molecule has 1 aromatic heterocycles. The van der Waals surface area contributed by atoms with Crippen LogP contribution in [-0.2, 0) is 4.79 Å². The SMILES string of the molecule is CCC(NC(=O)C(N)CC1CCCCC1)C(O)c1nc2ccccc2o1.Cl. The average molecular weight is 396 g/mol. The van der Waals surface area contributed by atoms with Crippen LogP contribution < -0.4 is 11.1 Å². The topological polar surface area (TPSA) is 101 Å². The van der Waals surface area contributed by atoms with Gasteiger partial charge in [-0.25, -0.2) is 4.98 Å². The molecular formula is C20H30ClN3O3. The van der Waals surface area contributed by atoms with Gasteiger partial charge < -0.3 is 20.6 Å². The predicted octanol–water partition coefficient (Wildman–Crippen LogP) is 3.48. The summed E-state index contributed by atoms with van der Waals surface area (Å²) in [6.07, 6.45) is 6.32. The van der Waals surface area contributed by atoms with Crippen molar-refractivity contribution in [2.75, 3.05) is 0 Å². The molecule has 2 aromatic rings. The Bertz CT molecular complexity index is 697. The van der Waals surface area contributed by atoms with Crippen molar-refractivity contribution in [2.24, 2.45) is 11.7 Å². The molecule has 3 atom stereocenters. The van der Waals surface area contributed by atoms with Crippen molar-refractivity contribution in [1.82, 2.24) is 10.3 Å². The molecule has 1 amide bonds.